The van der Waals surface area contributed by atoms with Crippen LogP contribution >= 0.6 is 0 Å². The van der Waals surface area contributed by atoms with Crippen LogP contribution in [0.5, 0.6) is 0 Å². The van der Waals surface area contributed by atoms with Gasteiger partial charge in [0, 0.05) is 12.2 Å². The summed E-state index contributed by atoms with van der Waals surface area (Å²) < 4.78 is 12.9. The maximum absolute atomic E-state index is 12.9. The SMILES string of the molecule is CCN(C(=O)Cc1ccc(F)cc1)c1cc(C)cc(C)c1. The van der Waals surface area contributed by atoms with E-state index in [1.165, 1.54) is 12.1 Å². The van der Waals surface area contributed by atoms with Crippen molar-refractivity contribution in [3.63, 3.8) is 0 Å². The summed E-state index contributed by atoms with van der Waals surface area (Å²) >= 11 is 0. The average Bonchev–Trinajstić information content (AvgIpc) is 2.41. The smallest absolute Gasteiger partial charge is 0.231 e. The largest absolute Gasteiger partial charge is 0.312 e. The fourth-order valence-electron chi connectivity index (χ4n) is 2.48. The summed E-state index contributed by atoms with van der Waals surface area (Å²) in [7, 11) is 0. The normalized spacial score (nSPS) is 10.5. The molecule has 0 fully saturated rings. The van der Waals surface area contributed by atoms with Gasteiger partial charge >= 0.3 is 0 Å². The van der Waals surface area contributed by atoms with Crippen molar-refractivity contribution in [1.29, 1.82) is 0 Å². The van der Waals surface area contributed by atoms with E-state index in [1.54, 1.807) is 17.0 Å². The third-order valence-corrected chi connectivity index (χ3v) is 3.40. The molecule has 2 rings (SSSR count). The number of carbonyl (C=O) groups is 1. The molecule has 0 heterocycles. The summed E-state index contributed by atoms with van der Waals surface area (Å²) in [5.74, 6) is -0.262. The van der Waals surface area contributed by atoms with Crippen LogP contribution in [0.2, 0.25) is 0 Å². The third-order valence-electron chi connectivity index (χ3n) is 3.40. The fourth-order valence-corrected chi connectivity index (χ4v) is 2.48. The molecule has 0 spiro atoms. The molecule has 2 nitrogen and oxygen atoms in total. The number of likely N-dealkylation sites (N-methyl/N-ethyl adjacent to an activating group) is 1. The fraction of sp³-hybridized carbons (Fsp3) is 0.278. The zero-order valence-corrected chi connectivity index (χ0v) is 12.7. The van der Waals surface area contributed by atoms with Crippen molar-refractivity contribution >= 4 is 11.6 Å². The average molecular weight is 285 g/mol. The lowest BCUT2D eigenvalue weighted by Crippen LogP contribution is -2.32. The standard InChI is InChI=1S/C18H20FNO/c1-4-20(17-10-13(2)9-14(3)11-17)18(21)12-15-5-7-16(19)8-6-15/h5-11H,4,12H2,1-3H3. The van der Waals surface area contributed by atoms with E-state index in [1.807, 2.05) is 32.9 Å². The first-order valence-corrected chi connectivity index (χ1v) is 7.12. The molecule has 0 bridgehead atoms. The van der Waals surface area contributed by atoms with Crippen molar-refractivity contribution in [2.24, 2.45) is 0 Å². The van der Waals surface area contributed by atoms with E-state index in [0.29, 0.717) is 6.54 Å². The van der Waals surface area contributed by atoms with Crippen LogP contribution in [0.25, 0.3) is 0 Å². The quantitative estimate of drug-likeness (QED) is 0.830. The van der Waals surface area contributed by atoms with E-state index >= 15 is 0 Å². The molecule has 0 aliphatic heterocycles. The molecule has 0 N–H and O–H groups in total. The van der Waals surface area contributed by atoms with E-state index in [9.17, 15) is 9.18 Å². The van der Waals surface area contributed by atoms with Crippen molar-refractivity contribution in [2.75, 3.05) is 11.4 Å². The molecule has 0 radical (unpaired) electrons. The summed E-state index contributed by atoms with van der Waals surface area (Å²) in [5.41, 5.74) is 4.02. The van der Waals surface area contributed by atoms with E-state index in [-0.39, 0.29) is 18.1 Å². The first kappa shape index (κ1) is 15.2. The first-order valence-electron chi connectivity index (χ1n) is 7.12. The van der Waals surface area contributed by atoms with Crippen LogP contribution < -0.4 is 4.90 Å². The summed E-state index contributed by atoms with van der Waals surface area (Å²) in [6, 6.07) is 12.2. The zero-order valence-electron chi connectivity index (χ0n) is 12.7. The second kappa shape index (κ2) is 6.53. The molecule has 3 heteroatoms. The zero-order chi connectivity index (χ0) is 15.4. The van der Waals surface area contributed by atoms with Crippen LogP contribution in [0.15, 0.2) is 42.5 Å². The number of hydrogen-bond donors (Lipinski definition) is 0. The lowest BCUT2D eigenvalue weighted by molar-refractivity contribution is -0.117. The molecule has 0 unspecified atom stereocenters. The van der Waals surface area contributed by atoms with Crippen LogP contribution in [-0.4, -0.2) is 12.5 Å². The molecule has 110 valence electrons. The van der Waals surface area contributed by atoms with E-state index in [0.717, 1.165) is 22.4 Å². The Kier molecular flexibility index (Phi) is 4.73. The Labute approximate surface area is 125 Å². The third kappa shape index (κ3) is 3.91. The summed E-state index contributed by atoms with van der Waals surface area (Å²) in [6.45, 7) is 6.62. The highest BCUT2D eigenvalue weighted by molar-refractivity contribution is 5.94. The molecule has 0 atom stereocenters. The van der Waals surface area contributed by atoms with Gasteiger partial charge in [-0.15, -0.1) is 0 Å². The number of carbonyl (C=O) groups excluding carboxylic acids is 1. The minimum absolute atomic E-state index is 0.0223. The van der Waals surface area contributed by atoms with Crippen molar-refractivity contribution in [3.8, 4) is 0 Å². The second-order valence-electron chi connectivity index (χ2n) is 5.29. The number of nitrogens with zero attached hydrogens (tertiary/aromatic N) is 1. The van der Waals surface area contributed by atoms with Gasteiger partial charge in [-0.05, 0) is 61.7 Å². The van der Waals surface area contributed by atoms with Crippen LogP contribution in [0.1, 0.15) is 23.6 Å². The summed E-state index contributed by atoms with van der Waals surface area (Å²) in [4.78, 5) is 14.3. The number of hydrogen-bond acceptors (Lipinski definition) is 1. The Morgan fingerprint density at radius 1 is 1.05 bits per heavy atom. The topological polar surface area (TPSA) is 20.3 Å². The molecular formula is C18H20FNO. The van der Waals surface area contributed by atoms with Crippen LogP contribution in [0.3, 0.4) is 0 Å². The minimum Gasteiger partial charge on any atom is -0.312 e. The van der Waals surface area contributed by atoms with Crippen molar-refractivity contribution < 1.29 is 9.18 Å². The Morgan fingerprint density at radius 2 is 1.62 bits per heavy atom. The van der Waals surface area contributed by atoms with Crippen molar-refractivity contribution in [1.82, 2.24) is 0 Å². The number of benzene rings is 2. The molecular weight excluding hydrogens is 265 g/mol. The number of aryl methyl sites for hydroxylation is 2. The van der Waals surface area contributed by atoms with Gasteiger partial charge in [-0.25, -0.2) is 4.39 Å². The van der Waals surface area contributed by atoms with Crippen LogP contribution in [-0.2, 0) is 11.2 Å². The number of amides is 1. The van der Waals surface area contributed by atoms with Crippen LogP contribution in [0, 0.1) is 19.7 Å². The van der Waals surface area contributed by atoms with Gasteiger partial charge in [-0.3, -0.25) is 4.79 Å². The molecule has 2 aromatic carbocycles. The summed E-state index contributed by atoms with van der Waals surface area (Å²) in [5, 5.41) is 0. The lowest BCUT2D eigenvalue weighted by Gasteiger charge is -2.22. The van der Waals surface area contributed by atoms with E-state index < -0.39 is 0 Å². The number of halogens is 1. The first-order chi connectivity index (χ1) is 9.99. The van der Waals surface area contributed by atoms with Gasteiger partial charge in [0.15, 0.2) is 0 Å². The van der Waals surface area contributed by atoms with Crippen molar-refractivity contribution in [3.05, 3.63) is 65.0 Å². The molecule has 0 aromatic heterocycles. The Bertz CT molecular complexity index is 614. The Balaban J connectivity index is 2.20. The maximum atomic E-state index is 12.9. The predicted octanol–water partition coefficient (Wildman–Crippen LogP) is 4.04. The predicted molar refractivity (Wildman–Crippen MR) is 84.0 cm³/mol. The van der Waals surface area contributed by atoms with Gasteiger partial charge in [0.05, 0.1) is 6.42 Å². The molecule has 1 amide bonds. The number of anilines is 1. The summed E-state index contributed by atoms with van der Waals surface area (Å²) in [6.07, 6.45) is 0.279. The molecule has 0 aliphatic rings. The van der Waals surface area contributed by atoms with Gasteiger partial charge in [-0.2, -0.15) is 0 Å². The highest BCUT2D eigenvalue weighted by Crippen LogP contribution is 2.20. The lowest BCUT2D eigenvalue weighted by atomic mass is 10.1. The molecule has 0 aliphatic carbocycles. The van der Waals surface area contributed by atoms with Crippen LogP contribution in [0.4, 0.5) is 10.1 Å². The van der Waals surface area contributed by atoms with E-state index in [2.05, 4.69) is 6.07 Å². The van der Waals surface area contributed by atoms with Gasteiger partial charge in [0.1, 0.15) is 5.82 Å². The highest BCUT2D eigenvalue weighted by Gasteiger charge is 2.15. The maximum Gasteiger partial charge on any atom is 0.231 e. The highest BCUT2D eigenvalue weighted by atomic mass is 19.1. The minimum atomic E-state index is -0.284. The second-order valence-corrected chi connectivity index (χ2v) is 5.29. The molecule has 21 heavy (non-hydrogen) atoms. The monoisotopic (exact) mass is 285 g/mol. The van der Waals surface area contributed by atoms with E-state index in [4.69, 9.17) is 0 Å². The molecule has 2 aromatic rings. The number of rotatable bonds is 4. The Hall–Kier alpha value is -2.16. The molecule has 0 saturated heterocycles. The van der Waals surface area contributed by atoms with Gasteiger partial charge in [0.2, 0.25) is 5.91 Å². The Morgan fingerprint density at radius 3 is 2.14 bits per heavy atom. The van der Waals surface area contributed by atoms with Gasteiger partial charge < -0.3 is 4.90 Å². The molecule has 0 saturated carbocycles. The van der Waals surface area contributed by atoms with Crippen molar-refractivity contribution in [2.45, 2.75) is 27.2 Å². The van der Waals surface area contributed by atoms with Gasteiger partial charge in [0.25, 0.3) is 0 Å². The van der Waals surface area contributed by atoms with Gasteiger partial charge in [-0.1, -0.05) is 18.2 Å².